The highest BCUT2D eigenvalue weighted by molar-refractivity contribution is 5.41. The Labute approximate surface area is 121 Å². The Bertz CT molecular complexity index is 557. The molecule has 108 valence electrons. The molecule has 2 aromatic rings. The number of rotatable bonds is 6. The Kier molecular flexibility index (Phi) is 4.96. The predicted molar refractivity (Wildman–Crippen MR) is 84.3 cm³/mol. The van der Waals surface area contributed by atoms with Gasteiger partial charge in [-0.25, -0.2) is 4.98 Å². The molecule has 1 aromatic heterocycles. The topological polar surface area (TPSA) is 43.8 Å². The molecule has 0 bridgehead atoms. The summed E-state index contributed by atoms with van der Waals surface area (Å²) in [5.74, 6) is 1.13. The molecule has 0 radical (unpaired) electrons. The smallest absolute Gasteiger partial charge is 0.113 e. The summed E-state index contributed by atoms with van der Waals surface area (Å²) >= 11 is 0. The summed E-state index contributed by atoms with van der Waals surface area (Å²) in [5, 5.41) is 0. The van der Waals surface area contributed by atoms with Gasteiger partial charge in [0.25, 0.3) is 0 Å². The molecule has 1 atom stereocenters. The molecule has 3 heteroatoms. The van der Waals surface area contributed by atoms with E-state index in [0.29, 0.717) is 0 Å². The molecule has 2 rings (SSSR count). The molecule has 0 saturated carbocycles. The van der Waals surface area contributed by atoms with E-state index in [1.807, 2.05) is 12.4 Å². The highest BCUT2D eigenvalue weighted by Gasteiger charge is 2.08. The van der Waals surface area contributed by atoms with E-state index < -0.39 is 0 Å². The van der Waals surface area contributed by atoms with Crippen LogP contribution in [0.4, 0.5) is 0 Å². The summed E-state index contributed by atoms with van der Waals surface area (Å²) in [4.78, 5) is 4.44. The van der Waals surface area contributed by atoms with E-state index in [4.69, 9.17) is 5.73 Å². The zero-order valence-electron chi connectivity index (χ0n) is 12.8. The van der Waals surface area contributed by atoms with E-state index in [0.717, 1.165) is 31.5 Å². The largest absolute Gasteiger partial charge is 0.327 e. The molecule has 3 nitrogen and oxygen atoms in total. The van der Waals surface area contributed by atoms with Gasteiger partial charge in [-0.3, -0.25) is 0 Å². The van der Waals surface area contributed by atoms with Crippen LogP contribution in [0.3, 0.4) is 0 Å². The van der Waals surface area contributed by atoms with Gasteiger partial charge < -0.3 is 10.3 Å². The standard InChI is InChI=1S/C17H25N3/c1-4-6-17-19-9-10-20(17)16-8-7-14(13(3)11-16)12-15(18)5-2/h7-11,15H,4-6,12,18H2,1-3H3. The van der Waals surface area contributed by atoms with E-state index in [1.54, 1.807) is 0 Å². The van der Waals surface area contributed by atoms with Crippen LogP contribution in [0, 0.1) is 6.92 Å². The average molecular weight is 271 g/mol. The number of aromatic nitrogens is 2. The normalized spacial score (nSPS) is 12.6. The number of nitrogens with zero attached hydrogens (tertiary/aromatic N) is 2. The third kappa shape index (κ3) is 3.28. The van der Waals surface area contributed by atoms with Crippen LogP contribution in [0.25, 0.3) is 5.69 Å². The first-order valence-corrected chi connectivity index (χ1v) is 7.53. The zero-order chi connectivity index (χ0) is 14.5. The van der Waals surface area contributed by atoms with Crippen LogP contribution in [0.15, 0.2) is 30.6 Å². The Hall–Kier alpha value is -1.61. The minimum atomic E-state index is 0.253. The zero-order valence-corrected chi connectivity index (χ0v) is 12.8. The van der Waals surface area contributed by atoms with Crippen molar-refractivity contribution in [1.29, 1.82) is 0 Å². The van der Waals surface area contributed by atoms with Gasteiger partial charge in [0.05, 0.1) is 0 Å². The maximum Gasteiger partial charge on any atom is 0.113 e. The molecule has 20 heavy (non-hydrogen) atoms. The third-order valence-electron chi connectivity index (χ3n) is 3.80. The van der Waals surface area contributed by atoms with Crippen molar-refractivity contribution in [2.75, 3.05) is 0 Å². The highest BCUT2D eigenvalue weighted by atomic mass is 15.1. The van der Waals surface area contributed by atoms with Gasteiger partial charge in [0.1, 0.15) is 5.82 Å². The van der Waals surface area contributed by atoms with Gasteiger partial charge in [-0.15, -0.1) is 0 Å². The molecule has 2 N–H and O–H groups in total. The first-order chi connectivity index (χ1) is 9.65. The first kappa shape index (κ1) is 14.8. The van der Waals surface area contributed by atoms with Crippen LogP contribution in [-0.4, -0.2) is 15.6 Å². The van der Waals surface area contributed by atoms with E-state index in [9.17, 15) is 0 Å². The summed E-state index contributed by atoms with van der Waals surface area (Å²) in [6, 6.07) is 6.86. The van der Waals surface area contributed by atoms with E-state index >= 15 is 0 Å². The van der Waals surface area contributed by atoms with Crippen LogP contribution in [0.1, 0.15) is 43.6 Å². The van der Waals surface area contributed by atoms with E-state index in [2.05, 4.69) is 48.5 Å². The molecule has 0 fully saturated rings. The van der Waals surface area contributed by atoms with Gasteiger partial charge in [-0.1, -0.05) is 19.9 Å². The van der Waals surface area contributed by atoms with Crippen LogP contribution >= 0.6 is 0 Å². The van der Waals surface area contributed by atoms with Crippen molar-refractivity contribution in [3.63, 3.8) is 0 Å². The fourth-order valence-corrected chi connectivity index (χ4v) is 2.46. The van der Waals surface area contributed by atoms with Gasteiger partial charge in [-0.2, -0.15) is 0 Å². The molecule has 0 aliphatic rings. The molecule has 1 unspecified atom stereocenters. The minimum absolute atomic E-state index is 0.253. The Morgan fingerprint density at radius 1 is 1.30 bits per heavy atom. The van der Waals surface area contributed by atoms with Gasteiger partial charge in [0.2, 0.25) is 0 Å². The lowest BCUT2D eigenvalue weighted by atomic mass is 9.99. The minimum Gasteiger partial charge on any atom is -0.327 e. The van der Waals surface area contributed by atoms with Crippen molar-refractivity contribution in [2.45, 2.75) is 52.5 Å². The van der Waals surface area contributed by atoms with Crippen LogP contribution in [-0.2, 0) is 12.8 Å². The highest BCUT2D eigenvalue weighted by Crippen LogP contribution is 2.18. The monoisotopic (exact) mass is 271 g/mol. The van der Waals surface area contributed by atoms with Crippen molar-refractivity contribution >= 4 is 0 Å². The lowest BCUT2D eigenvalue weighted by molar-refractivity contribution is 0.644. The Morgan fingerprint density at radius 3 is 2.75 bits per heavy atom. The second kappa shape index (κ2) is 6.71. The number of aryl methyl sites for hydroxylation is 2. The predicted octanol–water partition coefficient (Wildman–Crippen LogP) is 3.41. The van der Waals surface area contributed by atoms with Crippen molar-refractivity contribution in [1.82, 2.24) is 9.55 Å². The Balaban J connectivity index is 2.26. The molecule has 0 saturated heterocycles. The molecule has 1 heterocycles. The summed E-state index contributed by atoms with van der Waals surface area (Å²) in [5.41, 5.74) is 9.90. The second-order valence-electron chi connectivity index (χ2n) is 5.45. The van der Waals surface area contributed by atoms with Crippen molar-refractivity contribution in [3.05, 3.63) is 47.5 Å². The number of imidazole rings is 1. The Morgan fingerprint density at radius 2 is 2.10 bits per heavy atom. The fraction of sp³-hybridized carbons (Fsp3) is 0.471. The number of hydrogen-bond donors (Lipinski definition) is 1. The molecular weight excluding hydrogens is 246 g/mol. The first-order valence-electron chi connectivity index (χ1n) is 7.53. The molecule has 1 aromatic carbocycles. The van der Waals surface area contributed by atoms with E-state index in [-0.39, 0.29) is 6.04 Å². The van der Waals surface area contributed by atoms with Crippen LogP contribution < -0.4 is 5.73 Å². The fourth-order valence-electron chi connectivity index (χ4n) is 2.46. The lowest BCUT2D eigenvalue weighted by Crippen LogP contribution is -2.21. The summed E-state index contributed by atoms with van der Waals surface area (Å²) < 4.78 is 2.18. The molecule has 0 spiro atoms. The number of hydrogen-bond acceptors (Lipinski definition) is 2. The lowest BCUT2D eigenvalue weighted by Gasteiger charge is -2.14. The van der Waals surface area contributed by atoms with Gasteiger partial charge in [-0.05, 0) is 49.4 Å². The number of nitrogens with two attached hydrogens (primary N) is 1. The van der Waals surface area contributed by atoms with Crippen molar-refractivity contribution in [2.24, 2.45) is 5.73 Å². The average Bonchev–Trinajstić information content (AvgIpc) is 2.89. The van der Waals surface area contributed by atoms with E-state index in [1.165, 1.54) is 16.8 Å². The molecule has 0 amide bonds. The third-order valence-corrected chi connectivity index (χ3v) is 3.80. The van der Waals surface area contributed by atoms with Crippen molar-refractivity contribution < 1.29 is 0 Å². The SMILES string of the molecule is CCCc1nccn1-c1ccc(CC(N)CC)c(C)c1. The maximum absolute atomic E-state index is 6.05. The van der Waals surface area contributed by atoms with Crippen molar-refractivity contribution in [3.8, 4) is 5.69 Å². The van der Waals surface area contributed by atoms with Gasteiger partial charge in [0, 0.05) is 30.5 Å². The van der Waals surface area contributed by atoms with Crippen LogP contribution in [0.5, 0.6) is 0 Å². The summed E-state index contributed by atoms with van der Waals surface area (Å²) in [7, 11) is 0. The van der Waals surface area contributed by atoms with Gasteiger partial charge in [0.15, 0.2) is 0 Å². The molecular formula is C17H25N3. The quantitative estimate of drug-likeness (QED) is 0.875. The van der Waals surface area contributed by atoms with Gasteiger partial charge >= 0.3 is 0 Å². The molecule has 0 aliphatic heterocycles. The maximum atomic E-state index is 6.05. The number of benzene rings is 1. The summed E-state index contributed by atoms with van der Waals surface area (Å²) in [6.45, 7) is 6.48. The molecule has 0 aliphatic carbocycles. The summed E-state index contributed by atoms with van der Waals surface area (Å²) in [6.07, 6.45) is 8.00. The van der Waals surface area contributed by atoms with Crippen LogP contribution in [0.2, 0.25) is 0 Å². The second-order valence-corrected chi connectivity index (χ2v) is 5.45.